The summed E-state index contributed by atoms with van der Waals surface area (Å²) >= 11 is 0. The average molecular weight is 469 g/mol. The third-order valence-corrected chi connectivity index (χ3v) is 4.92. The van der Waals surface area contributed by atoms with Crippen molar-refractivity contribution >= 4 is 6.29 Å². The van der Waals surface area contributed by atoms with Gasteiger partial charge in [0.05, 0.1) is 39.6 Å². The van der Waals surface area contributed by atoms with E-state index in [2.05, 4.69) is 26.3 Å². The highest BCUT2D eigenvalue weighted by Gasteiger charge is 2.51. The fourth-order valence-electron chi connectivity index (χ4n) is 3.67. The molecule has 8 heteroatoms. The van der Waals surface area contributed by atoms with Crippen LogP contribution < -0.4 is 0 Å². The van der Waals surface area contributed by atoms with Crippen LogP contribution in [0.4, 0.5) is 0 Å². The van der Waals surface area contributed by atoms with Crippen molar-refractivity contribution in [3.05, 3.63) is 50.6 Å². The summed E-state index contributed by atoms with van der Waals surface area (Å²) in [5.74, 6) is 0.0849. The third kappa shape index (κ3) is 9.25. The number of carbonyl (C=O) groups is 1. The van der Waals surface area contributed by atoms with Crippen molar-refractivity contribution in [3.8, 4) is 0 Å². The summed E-state index contributed by atoms with van der Waals surface area (Å²) in [6.07, 6.45) is 3.69. The maximum Gasteiger partial charge on any atom is 0.188 e. The van der Waals surface area contributed by atoms with Gasteiger partial charge in [0.1, 0.15) is 30.0 Å². The Labute approximate surface area is 197 Å². The molecule has 0 radical (unpaired) electrons. The maximum atomic E-state index is 12.0. The van der Waals surface area contributed by atoms with Crippen molar-refractivity contribution in [2.45, 2.75) is 56.6 Å². The number of aldehydes is 1. The number of aliphatic hydroxyl groups is 1. The predicted molar refractivity (Wildman–Crippen MR) is 126 cm³/mol. The largest absolute Gasteiger partial charge is 0.393 e. The van der Waals surface area contributed by atoms with E-state index < -0.39 is 42.9 Å². The summed E-state index contributed by atoms with van der Waals surface area (Å²) in [7, 11) is 0. The van der Waals surface area contributed by atoms with Crippen LogP contribution in [0.2, 0.25) is 0 Å². The summed E-state index contributed by atoms with van der Waals surface area (Å²) in [5.41, 5.74) is -1.46. The first-order chi connectivity index (χ1) is 15.9. The Morgan fingerprint density at radius 1 is 0.909 bits per heavy atom. The summed E-state index contributed by atoms with van der Waals surface area (Å²) in [5, 5.41) is 10.0. The van der Waals surface area contributed by atoms with Gasteiger partial charge in [0.25, 0.3) is 0 Å². The molecule has 0 spiro atoms. The number of rotatable bonds is 19. The summed E-state index contributed by atoms with van der Waals surface area (Å²) in [4.78, 5) is 12.0. The topological polar surface area (TPSA) is 92.7 Å². The molecule has 0 bridgehead atoms. The van der Waals surface area contributed by atoms with Crippen molar-refractivity contribution in [2.24, 2.45) is 5.92 Å². The van der Waals surface area contributed by atoms with Crippen LogP contribution in [0.15, 0.2) is 50.6 Å². The van der Waals surface area contributed by atoms with Crippen molar-refractivity contribution in [1.29, 1.82) is 0 Å². The minimum absolute atomic E-state index is 0.0849. The van der Waals surface area contributed by atoms with E-state index in [1.807, 2.05) is 13.8 Å². The monoisotopic (exact) mass is 468 g/mol. The van der Waals surface area contributed by atoms with Gasteiger partial charge in [0.2, 0.25) is 0 Å². The van der Waals surface area contributed by atoms with Crippen LogP contribution in [0.25, 0.3) is 0 Å². The van der Waals surface area contributed by atoms with Crippen LogP contribution >= 0.6 is 0 Å². The van der Waals surface area contributed by atoms with E-state index in [1.165, 1.54) is 0 Å². The Hall–Kier alpha value is -1.65. The number of hydrogen-bond acceptors (Lipinski definition) is 8. The van der Waals surface area contributed by atoms with E-state index in [4.69, 9.17) is 28.4 Å². The molecule has 0 amide bonds. The normalized spacial score (nSPS) is 27.0. The number of aliphatic hydroxyl groups excluding tert-OH is 1. The molecule has 1 unspecified atom stereocenters. The Balaban J connectivity index is 3.36. The molecule has 1 N–H and O–H groups in total. The molecule has 1 aliphatic heterocycles. The van der Waals surface area contributed by atoms with Gasteiger partial charge in [-0.3, -0.25) is 0 Å². The standard InChI is InChI=1S/C25H40O8/c1-7-11-28-16-20-21(29-12-8-2)22(30-13-9-3)23(31-14-10-4)24(32-20)33-25(17-26,18-27)15-19(5)6/h7-10,17,19-24,27H,1-4,11-16,18H2,5-6H3/t20-,21-,22+,23-,24?,25+/m1/s1. The minimum Gasteiger partial charge on any atom is -0.393 e. The van der Waals surface area contributed by atoms with E-state index in [0.717, 1.165) is 0 Å². The lowest BCUT2D eigenvalue weighted by Crippen LogP contribution is -2.64. The van der Waals surface area contributed by atoms with Gasteiger partial charge in [-0.25, -0.2) is 0 Å². The molecule has 0 saturated carbocycles. The molecule has 6 atom stereocenters. The molecule has 1 heterocycles. The van der Waals surface area contributed by atoms with Crippen molar-refractivity contribution < 1.29 is 38.3 Å². The lowest BCUT2D eigenvalue weighted by Gasteiger charge is -2.47. The highest BCUT2D eigenvalue weighted by molar-refractivity contribution is 5.62. The van der Waals surface area contributed by atoms with Crippen LogP contribution in [0, 0.1) is 5.92 Å². The molecule has 0 aliphatic carbocycles. The zero-order valence-electron chi connectivity index (χ0n) is 19.9. The fraction of sp³-hybridized carbons (Fsp3) is 0.640. The maximum absolute atomic E-state index is 12.0. The van der Waals surface area contributed by atoms with Crippen molar-refractivity contribution in [2.75, 3.05) is 39.6 Å². The van der Waals surface area contributed by atoms with Crippen LogP contribution in [-0.2, 0) is 33.2 Å². The van der Waals surface area contributed by atoms with E-state index in [0.29, 0.717) is 19.3 Å². The molecule has 1 aliphatic rings. The Morgan fingerprint density at radius 3 is 1.94 bits per heavy atom. The highest BCUT2D eigenvalue weighted by Crippen LogP contribution is 2.33. The van der Waals surface area contributed by atoms with Crippen LogP contribution in [0.3, 0.4) is 0 Å². The number of carbonyl (C=O) groups excluding carboxylic acids is 1. The van der Waals surface area contributed by atoms with Crippen LogP contribution in [-0.4, -0.2) is 87.3 Å². The molecule has 0 aromatic rings. The van der Waals surface area contributed by atoms with Gasteiger partial charge in [-0.05, 0) is 12.3 Å². The summed E-state index contributed by atoms with van der Waals surface area (Å²) < 4.78 is 36.1. The number of hydrogen-bond donors (Lipinski definition) is 1. The Kier molecular flexibility index (Phi) is 14.3. The van der Waals surface area contributed by atoms with Gasteiger partial charge in [-0.1, -0.05) is 38.2 Å². The highest BCUT2D eigenvalue weighted by atomic mass is 16.7. The second kappa shape index (κ2) is 16.1. The zero-order chi connectivity index (χ0) is 24.7. The lowest BCUT2D eigenvalue weighted by atomic mass is 9.93. The minimum atomic E-state index is -1.46. The van der Waals surface area contributed by atoms with Crippen molar-refractivity contribution in [3.63, 3.8) is 0 Å². The first kappa shape index (κ1) is 29.4. The molecule has 188 valence electrons. The van der Waals surface area contributed by atoms with E-state index >= 15 is 0 Å². The third-order valence-electron chi connectivity index (χ3n) is 4.92. The molecule has 1 rings (SSSR count). The van der Waals surface area contributed by atoms with Crippen LogP contribution in [0.5, 0.6) is 0 Å². The SMILES string of the molecule is C=CCOC[C@H]1OC(O[C@@](C=O)(CO)CC(C)C)[C@H](OCC=C)[C@@H](OCC=C)[C@@H]1OCC=C. The average Bonchev–Trinajstić information content (AvgIpc) is 2.80. The second-order valence-electron chi connectivity index (χ2n) is 8.19. The van der Waals surface area contributed by atoms with Crippen LogP contribution in [0.1, 0.15) is 20.3 Å². The molecule has 0 aromatic carbocycles. The first-order valence-electron chi connectivity index (χ1n) is 11.2. The van der Waals surface area contributed by atoms with Gasteiger partial charge < -0.3 is 38.3 Å². The summed E-state index contributed by atoms with van der Waals surface area (Å²) in [6, 6.07) is 0. The zero-order valence-corrected chi connectivity index (χ0v) is 19.9. The second-order valence-corrected chi connectivity index (χ2v) is 8.19. The predicted octanol–water partition coefficient (Wildman–Crippen LogP) is 2.62. The Bertz CT molecular complexity index is 607. The van der Waals surface area contributed by atoms with Gasteiger partial charge >= 0.3 is 0 Å². The number of ether oxygens (including phenoxy) is 6. The smallest absolute Gasteiger partial charge is 0.188 e. The quantitative estimate of drug-likeness (QED) is 0.176. The molecule has 1 fully saturated rings. The van der Waals surface area contributed by atoms with Gasteiger partial charge in [0.15, 0.2) is 12.6 Å². The van der Waals surface area contributed by atoms with Crippen molar-refractivity contribution in [1.82, 2.24) is 0 Å². The molecule has 1 saturated heterocycles. The molecule has 33 heavy (non-hydrogen) atoms. The van der Waals surface area contributed by atoms with Gasteiger partial charge in [-0.2, -0.15) is 0 Å². The molecular formula is C25H40O8. The molecule has 0 aromatic heterocycles. The van der Waals surface area contributed by atoms with E-state index in [9.17, 15) is 9.90 Å². The van der Waals surface area contributed by atoms with Gasteiger partial charge in [0, 0.05) is 0 Å². The van der Waals surface area contributed by atoms with E-state index in [1.54, 1.807) is 24.3 Å². The first-order valence-corrected chi connectivity index (χ1v) is 11.2. The fourth-order valence-corrected chi connectivity index (χ4v) is 3.67. The lowest BCUT2D eigenvalue weighted by molar-refractivity contribution is -0.339. The van der Waals surface area contributed by atoms with Gasteiger partial charge in [-0.15, -0.1) is 26.3 Å². The molecule has 8 nitrogen and oxygen atoms in total. The molecular weight excluding hydrogens is 428 g/mol. The summed E-state index contributed by atoms with van der Waals surface area (Å²) in [6.45, 7) is 19.3. The Morgan fingerprint density at radius 2 is 1.45 bits per heavy atom. The van der Waals surface area contributed by atoms with E-state index in [-0.39, 0.29) is 32.3 Å².